The molecule has 0 fully saturated rings. The smallest absolute Gasteiger partial charge is 0.408 e. The van der Waals surface area contributed by atoms with Crippen molar-refractivity contribution in [1.29, 1.82) is 0 Å². The molecule has 0 spiro atoms. The summed E-state index contributed by atoms with van der Waals surface area (Å²) in [5.74, 6) is -0.747. The summed E-state index contributed by atoms with van der Waals surface area (Å²) in [6.07, 6.45) is -0.728. The van der Waals surface area contributed by atoms with Gasteiger partial charge in [-0.25, -0.2) is 14.4 Å². The van der Waals surface area contributed by atoms with E-state index in [1.54, 1.807) is 32.9 Å². The number of esters is 1. The van der Waals surface area contributed by atoms with Crippen molar-refractivity contribution in [1.82, 2.24) is 5.32 Å². The zero-order chi connectivity index (χ0) is 22.5. The van der Waals surface area contributed by atoms with Gasteiger partial charge < -0.3 is 19.2 Å². The highest BCUT2D eigenvalue weighted by Gasteiger charge is 2.27. The number of alkyl carbamates (subject to hydrolysis) is 1. The van der Waals surface area contributed by atoms with Crippen molar-refractivity contribution >= 4 is 34.6 Å². The molecule has 31 heavy (non-hydrogen) atoms. The van der Waals surface area contributed by atoms with Gasteiger partial charge in [0.15, 0.2) is 0 Å². The van der Waals surface area contributed by atoms with Crippen molar-refractivity contribution in [2.24, 2.45) is 5.92 Å². The van der Waals surface area contributed by atoms with E-state index in [4.69, 9.17) is 25.5 Å². The Morgan fingerprint density at radius 1 is 1.13 bits per heavy atom. The summed E-state index contributed by atoms with van der Waals surface area (Å²) >= 11 is 5.93. The third-order valence-corrected chi connectivity index (χ3v) is 5.13. The fourth-order valence-corrected chi connectivity index (χ4v) is 3.09. The second-order valence-electron chi connectivity index (χ2n) is 7.34. The Labute approximate surface area is 183 Å². The number of amides is 1. The molecule has 8 heteroatoms. The number of carbonyl (C=O) groups is 2. The normalized spacial score (nSPS) is 11.9. The topological polar surface area (TPSA) is 94.8 Å². The first-order chi connectivity index (χ1) is 14.8. The van der Waals surface area contributed by atoms with Crippen molar-refractivity contribution < 1.29 is 23.5 Å². The molecular formula is C23H22ClNO6. The minimum atomic E-state index is -0.932. The van der Waals surface area contributed by atoms with Gasteiger partial charge in [-0.2, -0.15) is 0 Å². The molecule has 162 valence electrons. The minimum absolute atomic E-state index is 0.00957. The average molecular weight is 444 g/mol. The van der Waals surface area contributed by atoms with E-state index in [-0.39, 0.29) is 28.9 Å². The Hall–Kier alpha value is -3.32. The predicted molar refractivity (Wildman–Crippen MR) is 116 cm³/mol. The van der Waals surface area contributed by atoms with Gasteiger partial charge in [-0.3, -0.25) is 0 Å². The molecule has 0 saturated carbocycles. The van der Waals surface area contributed by atoms with E-state index in [1.807, 2.05) is 30.3 Å². The van der Waals surface area contributed by atoms with Crippen LogP contribution in [0.2, 0.25) is 5.02 Å². The van der Waals surface area contributed by atoms with E-state index in [1.165, 1.54) is 6.07 Å². The third-order valence-electron chi connectivity index (χ3n) is 4.69. The second kappa shape index (κ2) is 9.66. The number of aryl methyl sites for hydroxylation is 1. The molecule has 2 aromatic carbocycles. The summed E-state index contributed by atoms with van der Waals surface area (Å²) in [6, 6.07) is 12.9. The van der Waals surface area contributed by atoms with Crippen LogP contribution in [0.3, 0.4) is 0 Å². The van der Waals surface area contributed by atoms with Crippen molar-refractivity contribution in [3.8, 4) is 5.75 Å². The maximum atomic E-state index is 12.7. The molecule has 1 N–H and O–H groups in total. The van der Waals surface area contributed by atoms with Crippen LogP contribution in [0.15, 0.2) is 57.7 Å². The van der Waals surface area contributed by atoms with Crippen LogP contribution in [0.5, 0.6) is 5.75 Å². The van der Waals surface area contributed by atoms with Crippen LogP contribution in [-0.4, -0.2) is 18.1 Å². The summed E-state index contributed by atoms with van der Waals surface area (Å²) in [6.45, 7) is 5.33. The Kier molecular flexibility index (Phi) is 6.97. The zero-order valence-corrected chi connectivity index (χ0v) is 18.1. The van der Waals surface area contributed by atoms with E-state index in [9.17, 15) is 14.4 Å². The number of benzene rings is 2. The number of fused-ring (bicyclic) bond motifs is 1. The number of hydrogen-bond acceptors (Lipinski definition) is 6. The maximum absolute atomic E-state index is 12.7. The second-order valence-corrected chi connectivity index (χ2v) is 7.71. The van der Waals surface area contributed by atoms with E-state index in [2.05, 4.69) is 5.32 Å². The molecule has 0 aliphatic carbocycles. The van der Waals surface area contributed by atoms with Crippen LogP contribution in [0, 0.1) is 12.8 Å². The van der Waals surface area contributed by atoms with Gasteiger partial charge in [-0.1, -0.05) is 55.8 Å². The molecule has 1 heterocycles. The third kappa shape index (κ3) is 5.44. The molecular weight excluding hydrogens is 422 g/mol. The number of nitrogens with one attached hydrogen (secondary N) is 1. The molecule has 3 rings (SSSR count). The highest BCUT2D eigenvalue weighted by atomic mass is 35.5. The van der Waals surface area contributed by atoms with Gasteiger partial charge in [-0.15, -0.1) is 0 Å². The lowest BCUT2D eigenvalue weighted by atomic mass is 10.1. The van der Waals surface area contributed by atoms with Crippen molar-refractivity contribution in [2.45, 2.75) is 33.4 Å². The SMILES string of the molecule is Cc1c(Cl)c(=O)oc2cc(OC(=O)[C@H](NC(=O)OCc3ccccc3)C(C)C)ccc12. The van der Waals surface area contributed by atoms with Gasteiger partial charge in [0.2, 0.25) is 0 Å². The Morgan fingerprint density at radius 3 is 2.52 bits per heavy atom. The van der Waals surface area contributed by atoms with Crippen molar-refractivity contribution in [3.63, 3.8) is 0 Å². The number of halogens is 1. The molecule has 0 aliphatic heterocycles. The Bertz CT molecular complexity index is 1160. The standard InChI is InChI=1S/C23H22ClNO6/c1-13(2)20(25-23(28)29-12-15-7-5-4-6-8-15)22(27)30-16-9-10-17-14(3)19(24)21(26)31-18(17)11-16/h4-11,13,20H,12H2,1-3H3,(H,25,28)/t20-/m1/s1. The van der Waals surface area contributed by atoms with Gasteiger partial charge in [-0.05, 0) is 36.1 Å². The summed E-state index contributed by atoms with van der Waals surface area (Å²) in [4.78, 5) is 36.7. The lowest BCUT2D eigenvalue weighted by molar-refractivity contribution is -0.137. The predicted octanol–water partition coefficient (Wildman–Crippen LogP) is 4.61. The molecule has 0 aliphatic rings. The highest BCUT2D eigenvalue weighted by Crippen LogP contribution is 2.26. The first kappa shape index (κ1) is 22.4. The lowest BCUT2D eigenvalue weighted by Gasteiger charge is -2.20. The van der Waals surface area contributed by atoms with Gasteiger partial charge >= 0.3 is 17.7 Å². The van der Waals surface area contributed by atoms with Crippen LogP contribution in [0.4, 0.5) is 4.79 Å². The molecule has 3 aromatic rings. The number of hydrogen-bond donors (Lipinski definition) is 1. The summed E-state index contributed by atoms with van der Waals surface area (Å²) in [7, 11) is 0. The molecule has 7 nitrogen and oxygen atoms in total. The monoisotopic (exact) mass is 443 g/mol. The van der Waals surface area contributed by atoms with E-state index >= 15 is 0 Å². The summed E-state index contributed by atoms with van der Waals surface area (Å²) < 4.78 is 15.8. The van der Waals surface area contributed by atoms with Crippen LogP contribution in [0.1, 0.15) is 25.0 Å². The molecule has 0 bridgehead atoms. The van der Waals surface area contributed by atoms with E-state index in [0.29, 0.717) is 10.9 Å². The van der Waals surface area contributed by atoms with Gasteiger partial charge in [0.05, 0.1) is 0 Å². The largest absolute Gasteiger partial charge is 0.445 e. The average Bonchev–Trinajstić information content (AvgIpc) is 2.74. The summed E-state index contributed by atoms with van der Waals surface area (Å²) in [5, 5.41) is 3.18. The molecule has 0 unspecified atom stereocenters. The fourth-order valence-electron chi connectivity index (χ4n) is 2.95. The lowest BCUT2D eigenvalue weighted by Crippen LogP contribution is -2.46. The number of rotatable bonds is 6. The highest BCUT2D eigenvalue weighted by molar-refractivity contribution is 6.31. The van der Waals surface area contributed by atoms with Crippen molar-refractivity contribution in [2.75, 3.05) is 0 Å². The first-order valence-electron chi connectivity index (χ1n) is 9.68. The number of ether oxygens (including phenoxy) is 2. The van der Waals surface area contributed by atoms with E-state index < -0.39 is 23.7 Å². The molecule has 1 aromatic heterocycles. The molecule has 0 saturated heterocycles. The molecule has 1 atom stereocenters. The van der Waals surface area contributed by atoms with Gasteiger partial charge in [0, 0.05) is 11.5 Å². The van der Waals surface area contributed by atoms with E-state index in [0.717, 1.165) is 5.56 Å². The van der Waals surface area contributed by atoms with Crippen LogP contribution < -0.4 is 15.7 Å². The quantitative estimate of drug-likeness (QED) is 0.339. The molecule has 1 amide bonds. The Morgan fingerprint density at radius 2 is 1.84 bits per heavy atom. The number of carbonyl (C=O) groups excluding carboxylic acids is 2. The maximum Gasteiger partial charge on any atom is 0.408 e. The van der Waals surface area contributed by atoms with Crippen LogP contribution in [-0.2, 0) is 16.1 Å². The van der Waals surface area contributed by atoms with Gasteiger partial charge in [0.25, 0.3) is 0 Å². The van der Waals surface area contributed by atoms with Crippen molar-refractivity contribution in [3.05, 3.63) is 75.1 Å². The minimum Gasteiger partial charge on any atom is -0.445 e. The van der Waals surface area contributed by atoms with Crippen LogP contribution >= 0.6 is 11.6 Å². The first-order valence-corrected chi connectivity index (χ1v) is 10.1. The molecule has 0 radical (unpaired) electrons. The zero-order valence-electron chi connectivity index (χ0n) is 17.3. The Balaban J connectivity index is 1.69. The summed E-state index contributed by atoms with van der Waals surface area (Å²) in [5.41, 5.74) is 0.981. The fraction of sp³-hybridized carbons (Fsp3) is 0.261. The van der Waals surface area contributed by atoms with Gasteiger partial charge in [0.1, 0.15) is 29.0 Å². The van der Waals surface area contributed by atoms with Crippen LogP contribution in [0.25, 0.3) is 11.0 Å².